The molecule has 2 heteroatoms. The summed E-state index contributed by atoms with van der Waals surface area (Å²) in [5.74, 6) is 1.59. The third kappa shape index (κ3) is 2.96. The maximum atomic E-state index is 5.89. The summed E-state index contributed by atoms with van der Waals surface area (Å²) in [7, 11) is 2.08. The summed E-state index contributed by atoms with van der Waals surface area (Å²) in [6.07, 6.45) is 5.06. The zero-order chi connectivity index (χ0) is 9.84. The van der Waals surface area contributed by atoms with Gasteiger partial charge in [0.25, 0.3) is 0 Å². The molecule has 0 spiro atoms. The minimum Gasteiger partial charge on any atom is -0.328 e. The molecule has 1 fully saturated rings. The Morgan fingerprint density at radius 3 is 2.08 bits per heavy atom. The average Bonchev–Trinajstić information content (AvgIpc) is 2.09. The highest BCUT2D eigenvalue weighted by molar-refractivity contribution is 4.83. The van der Waals surface area contributed by atoms with Gasteiger partial charge in [0, 0.05) is 12.1 Å². The van der Waals surface area contributed by atoms with Gasteiger partial charge in [-0.1, -0.05) is 13.8 Å². The van der Waals surface area contributed by atoms with E-state index >= 15 is 0 Å². The van der Waals surface area contributed by atoms with Gasteiger partial charge in [0.05, 0.1) is 0 Å². The van der Waals surface area contributed by atoms with Crippen LogP contribution in [0.1, 0.15) is 39.5 Å². The maximum absolute atomic E-state index is 5.89. The van der Waals surface area contributed by atoms with Crippen LogP contribution < -0.4 is 11.1 Å². The van der Waals surface area contributed by atoms with Crippen LogP contribution in [0.5, 0.6) is 0 Å². The molecule has 0 aromatic rings. The van der Waals surface area contributed by atoms with Gasteiger partial charge in [-0.25, -0.2) is 0 Å². The Balaban J connectivity index is 2.41. The van der Waals surface area contributed by atoms with Crippen molar-refractivity contribution in [1.82, 2.24) is 5.32 Å². The Bertz CT molecular complexity index is 137. The second kappa shape index (κ2) is 4.97. The van der Waals surface area contributed by atoms with Crippen LogP contribution in [0, 0.1) is 11.8 Å². The highest BCUT2D eigenvalue weighted by Gasteiger charge is 2.26. The van der Waals surface area contributed by atoms with Crippen LogP contribution in [0.3, 0.4) is 0 Å². The zero-order valence-electron chi connectivity index (χ0n) is 9.22. The summed E-state index contributed by atoms with van der Waals surface area (Å²) in [6.45, 7) is 4.60. The van der Waals surface area contributed by atoms with Gasteiger partial charge in [-0.3, -0.25) is 0 Å². The van der Waals surface area contributed by atoms with Crippen LogP contribution in [0.15, 0.2) is 0 Å². The Kier molecular flexibility index (Phi) is 4.20. The van der Waals surface area contributed by atoms with Crippen LogP contribution in [-0.2, 0) is 0 Å². The van der Waals surface area contributed by atoms with Gasteiger partial charge in [0.15, 0.2) is 0 Å². The molecule has 0 saturated heterocycles. The van der Waals surface area contributed by atoms with E-state index in [9.17, 15) is 0 Å². The fourth-order valence-electron chi connectivity index (χ4n) is 2.62. The van der Waals surface area contributed by atoms with Crippen LogP contribution in [0.25, 0.3) is 0 Å². The van der Waals surface area contributed by atoms with E-state index in [-0.39, 0.29) is 0 Å². The van der Waals surface area contributed by atoms with Crippen molar-refractivity contribution in [2.24, 2.45) is 17.6 Å². The smallest absolute Gasteiger partial charge is 0.0115 e. The van der Waals surface area contributed by atoms with Crippen LogP contribution >= 0.6 is 0 Å². The molecule has 1 unspecified atom stereocenters. The van der Waals surface area contributed by atoms with Gasteiger partial charge in [0.2, 0.25) is 0 Å². The number of hydrogen-bond acceptors (Lipinski definition) is 2. The van der Waals surface area contributed by atoms with Crippen molar-refractivity contribution in [1.29, 1.82) is 0 Å². The molecule has 1 aliphatic rings. The number of nitrogens with two attached hydrogens (primary N) is 1. The highest BCUT2D eigenvalue weighted by Crippen LogP contribution is 2.28. The second-order valence-corrected chi connectivity index (χ2v) is 4.73. The molecule has 0 bridgehead atoms. The van der Waals surface area contributed by atoms with Gasteiger partial charge >= 0.3 is 0 Å². The molecule has 78 valence electrons. The molecular formula is C11H24N2. The largest absolute Gasteiger partial charge is 0.328 e. The third-order valence-electron chi connectivity index (χ3n) is 3.38. The molecule has 3 N–H and O–H groups in total. The van der Waals surface area contributed by atoms with Crippen LogP contribution in [-0.4, -0.2) is 19.1 Å². The van der Waals surface area contributed by atoms with Crippen molar-refractivity contribution >= 4 is 0 Å². The molecule has 1 aliphatic carbocycles. The lowest BCUT2D eigenvalue weighted by Crippen LogP contribution is -2.41. The third-order valence-corrected chi connectivity index (χ3v) is 3.38. The first-order valence-electron chi connectivity index (χ1n) is 5.58. The van der Waals surface area contributed by atoms with E-state index in [1.54, 1.807) is 0 Å². The molecule has 0 aromatic carbocycles. The minimum atomic E-state index is 0.473. The molecule has 2 nitrogen and oxygen atoms in total. The topological polar surface area (TPSA) is 38.0 Å². The van der Waals surface area contributed by atoms with Gasteiger partial charge in [-0.05, 0) is 44.6 Å². The molecule has 1 atom stereocenters. The zero-order valence-corrected chi connectivity index (χ0v) is 9.22. The summed E-state index contributed by atoms with van der Waals surface area (Å²) in [6, 6.07) is 1.16. The molecule has 1 saturated carbocycles. The first kappa shape index (κ1) is 11.0. The van der Waals surface area contributed by atoms with Gasteiger partial charge < -0.3 is 11.1 Å². The molecular weight excluding hydrogens is 160 g/mol. The summed E-state index contributed by atoms with van der Waals surface area (Å²) >= 11 is 0. The number of rotatable bonds is 3. The van der Waals surface area contributed by atoms with E-state index in [4.69, 9.17) is 5.73 Å². The first-order valence-corrected chi connectivity index (χ1v) is 5.58. The van der Waals surface area contributed by atoms with E-state index in [1.807, 2.05) is 0 Å². The van der Waals surface area contributed by atoms with Crippen molar-refractivity contribution in [2.45, 2.75) is 51.6 Å². The highest BCUT2D eigenvalue weighted by atomic mass is 14.9. The summed E-state index contributed by atoms with van der Waals surface area (Å²) in [5.41, 5.74) is 5.89. The molecule has 0 heterocycles. The Morgan fingerprint density at radius 1 is 1.15 bits per heavy atom. The Hall–Kier alpha value is -0.0800. The summed E-state index contributed by atoms with van der Waals surface area (Å²) in [5, 5.41) is 3.45. The lowest BCUT2D eigenvalue weighted by molar-refractivity contribution is 0.221. The van der Waals surface area contributed by atoms with Gasteiger partial charge in [-0.2, -0.15) is 0 Å². The first-order chi connectivity index (χ1) is 6.15. The van der Waals surface area contributed by atoms with E-state index in [1.165, 1.54) is 25.7 Å². The Labute approximate surface area is 82.3 Å². The predicted molar refractivity (Wildman–Crippen MR) is 57.6 cm³/mol. The molecule has 1 rings (SSSR count). The fourth-order valence-corrected chi connectivity index (χ4v) is 2.62. The molecule has 0 aliphatic heterocycles. The lowest BCUT2D eigenvalue weighted by Gasteiger charge is -2.34. The van der Waals surface area contributed by atoms with E-state index in [2.05, 4.69) is 26.2 Å². The van der Waals surface area contributed by atoms with Gasteiger partial charge in [-0.15, -0.1) is 0 Å². The normalized spacial score (nSPS) is 32.1. The fraction of sp³-hybridized carbons (Fsp3) is 1.00. The van der Waals surface area contributed by atoms with E-state index in [0.29, 0.717) is 12.1 Å². The maximum Gasteiger partial charge on any atom is 0.0115 e. The molecule has 0 aromatic heterocycles. The Morgan fingerprint density at radius 2 is 1.69 bits per heavy atom. The van der Waals surface area contributed by atoms with Crippen molar-refractivity contribution in [3.63, 3.8) is 0 Å². The van der Waals surface area contributed by atoms with E-state index < -0.39 is 0 Å². The van der Waals surface area contributed by atoms with Crippen LogP contribution in [0.2, 0.25) is 0 Å². The summed E-state index contributed by atoms with van der Waals surface area (Å²) < 4.78 is 0. The minimum absolute atomic E-state index is 0.473. The van der Waals surface area contributed by atoms with Crippen molar-refractivity contribution in [3.8, 4) is 0 Å². The standard InChI is InChI=1S/C11H24N2/c1-8(2)11(13-3)9-4-6-10(12)7-5-9/h8-11,13H,4-7,12H2,1-3H3. The van der Waals surface area contributed by atoms with Crippen molar-refractivity contribution in [2.75, 3.05) is 7.05 Å². The molecule has 0 amide bonds. The van der Waals surface area contributed by atoms with E-state index in [0.717, 1.165) is 11.8 Å². The molecule has 0 radical (unpaired) electrons. The monoisotopic (exact) mass is 184 g/mol. The number of hydrogen-bond donors (Lipinski definition) is 2. The van der Waals surface area contributed by atoms with Crippen LogP contribution in [0.4, 0.5) is 0 Å². The SMILES string of the molecule is CNC(C(C)C)C1CCC(N)CC1. The quantitative estimate of drug-likeness (QED) is 0.701. The predicted octanol–water partition coefficient (Wildman–Crippen LogP) is 1.75. The lowest BCUT2D eigenvalue weighted by atomic mass is 9.78. The second-order valence-electron chi connectivity index (χ2n) is 4.73. The summed E-state index contributed by atoms with van der Waals surface area (Å²) in [4.78, 5) is 0. The number of nitrogens with one attached hydrogen (secondary N) is 1. The molecule has 13 heavy (non-hydrogen) atoms. The average molecular weight is 184 g/mol. The van der Waals surface area contributed by atoms with Crippen molar-refractivity contribution in [3.05, 3.63) is 0 Å². The van der Waals surface area contributed by atoms with Gasteiger partial charge in [0.1, 0.15) is 0 Å². The van der Waals surface area contributed by atoms with Crippen molar-refractivity contribution < 1.29 is 0 Å².